The predicted octanol–water partition coefficient (Wildman–Crippen LogP) is -1.49. The molecular weight excluding hydrogens is 135 g/mol. The van der Waals surface area contributed by atoms with E-state index in [1.54, 1.807) is 20.3 Å². The maximum Gasteiger partial charge on any atom is 1.00 e. The molecule has 54 valence electrons. The second-order valence-corrected chi connectivity index (χ2v) is 1.77. The Hall–Kier alpha value is -0.583. The summed E-state index contributed by atoms with van der Waals surface area (Å²) in [5.41, 5.74) is 0. The number of benzene rings is 1. The number of methoxy groups -OCH3 is 2. The zero-order valence-corrected chi connectivity index (χ0v) is 7.05. The van der Waals surface area contributed by atoms with Gasteiger partial charge in [-0.15, -0.1) is 12.1 Å². The smallest absolute Gasteiger partial charge is 0.551 e. The van der Waals surface area contributed by atoms with Gasteiger partial charge in [0.05, 0.1) is 14.2 Å². The fourth-order valence-electron chi connectivity index (χ4n) is 0.726. The molecule has 0 saturated heterocycles. The Morgan fingerprint density at radius 2 is 2.00 bits per heavy atom. The van der Waals surface area contributed by atoms with E-state index < -0.39 is 0 Å². The van der Waals surface area contributed by atoms with Gasteiger partial charge < -0.3 is 9.47 Å². The van der Waals surface area contributed by atoms with Gasteiger partial charge in [-0.05, 0) is 0 Å². The Labute approximate surface area is 78.7 Å². The third-order valence-corrected chi connectivity index (χ3v) is 1.21. The molecule has 11 heavy (non-hydrogen) atoms. The first kappa shape index (κ1) is 10.4. The summed E-state index contributed by atoms with van der Waals surface area (Å²) in [5, 5.41) is 0. The van der Waals surface area contributed by atoms with Crippen molar-refractivity contribution in [2.45, 2.75) is 0 Å². The van der Waals surface area contributed by atoms with Crippen LogP contribution in [0.2, 0.25) is 0 Å². The summed E-state index contributed by atoms with van der Waals surface area (Å²) in [6.07, 6.45) is 0. The van der Waals surface area contributed by atoms with Gasteiger partial charge in [-0.3, -0.25) is 0 Å². The third kappa shape index (κ3) is 2.49. The molecule has 2 nitrogen and oxygen atoms in total. The number of hydrogen-bond donors (Lipinski definition) is 0. The second kappa shape index (κ2) is 5.12. The minimum absolute atomic E-state index is 0. The van der Waals surface area contributed by atoms with Crippen LogP contribution in [0.1, 0.15) is 0 Å². The number of para-hydroxylation sites is 1. The van der Waals surface area contributed by atoms with E-state index in [-0.39, 0.29) is 18.9 Å². The molecular formula is C8H9LiO2. The van der Waals surface area contributed by atoms with Crippen LogP contribution < -0.4 is 28.3 Å². The molecule has 1 rings (SSSR count). The van der Waals surface area contributed by atoms with E-state index >= 15 is 0 Å². The molecule has 1 aromatic rings. The molecule has 3 heteroatoms. The average molecular weight is 144 g/mol. The molecule has 0 heterocycles. The summed E-state index contributed by atoms with van der Waals surface area (Å²) in [5.74, 6) is 1.36. The largest absolute Gasteiger partial charge is 1.00 e. The van der Waals surface area contributed by atoms with Gasteiger partial charge in [-0.2, -0.15) is 12.1 Å². The molecule has 0 aromatic heterocycles. The molecule has 0 saturated carbocycles. The Bertz CT molecular complexity index is 190. The molecule has 0 unspecified atom stereocenters. The second-order valence-electron chi connectivity index (χ2n) is 1.77. The maximum absolute atomic E-state index is 4.98. The van der Waals surface area contributed by atoms with Crippen molar-refractivity contribution in [2.75, 3.05) is 14.2 Å². The summed E-state index contributed by atoms with van der Waals surface area (Å²) in [6.45, 7) is 0. The molecule has 0 atom stereocenters. The summed E-state index contributed by atoms with van der Waals surface area (Å²) < 4.78 is 9.94. The third-order valence-electron chi connectivity index (χ3n) is 1.21. The first-order chi connectivity index (χ1) is 4.88. The van der Waals surface area contributed by atoms with Crippen molar-refractivity contribution >= 4 is 0 Å². The van der Waals surface area contributed by atoms with Crippen molar-refractivity contribution in [1.29, 1.82) is 0 Å². The van der Waals surface area contributed by atoms with Crippen molar-refractivity contribution in [2.24, 2.45) is 0 Å². The normalized spacial score (nSPS) is 8.18. The summed E-state index contributed by atoms with van der Waals surface area (Å²) in [4.78, 5) is 0. The first-order valence-corrected chi connectivity index (χ1v) is 2.97. The minimum Gasteiger partial charge on any atom is -0.551 e. The monoisotopic (exact) mass is 144 g/mol. The van der Waals surface area contributed by atoms with Crippen LogP contribution in [0.3, 0.4) is 0 Å². The van der Waals surface area contributed by atoms with E-state index in [1.807, 2.05) is 12.1 Å². The van der Waals surface area contributed by atoms with E-state index in [4.69, 9.17) is 9.47 Å². The topological polar surface area (TPSA) is 18.5 Å². The molecule has 0 aliphatic carbocycles. The van der Waals surface area contributed by atoms with Gasteiger partial charge >= 0.3 is 18.9 Å². The van der Waals surface area contributed by atoms with Gasteiger partial charge in [0.15, 0.2) is 0 Å². The van der Waals surface area contributed by atoms with E-state index in [2.05, 4.69) is 6.07 Å². The predicted molar refractivity (Wildman–Crippen MR) is 38.4 cm³/mol. The molecule has 0 aliphatic heterocycles. The average Bonchev–Trinajstić information content (AvgIpc) is 2.04. The van der Waals surface area contributed by atoms with Crippen LogP contribution in [-0.2, 0) is 0 Å². The SMILES string of the molecule is COc1[c-]cccc1OC.[Li+]. The molecule has 0 spiro atoms. The van der Waals surface area contributed by atoms with E-state index in [0.717, 1.165) is 0 Å². The zero-order valence-electron chi connectivity index (χ0n) is 7.05. The van der Waals surface area contributed by atoms with Crippen LogP contribution in [0, 0.1) is 6.07 Å². The van der Waals surface area contributed by atoms with Crippen molar-refractivity contribution in [3.8, 4) is 11.5 Å². The fraction of sp³-hybridized carbons (Fsp3) is 0.250. The zero-order chi connectivity index (χ0) is 7.40. The van der Waals surface area contributed by atoms with Gasteiger partial charge in [0.2, 0.25) is 0 Å². The number of rotatable bonds is 2. The Balaban J connectivity index is 0.000001000. The van der Waals surface area contributed by atoms with Gasteiger partial charge in [0, 0.05) is 11.5 Å². The van der Waals surface area contributed by atoms with Gasteiger partial charge in [0.25, 0.3) is 0 Å². The van der Waals surface area contributed by atoms with Crippen LogP contribution in [0.25, 0.3) is 0 Å². The van der Waals surface area contributed by atoms with E-state index in [1.165, 1.54) is 0 Å². The maximum atomic E-state index is 4.98. The molecule has 0 amide bonds. The molecule has 0 N–H and O–H groups in total. The Morgan fingerprint density at radius 3 is 2.45 bits per heavy atom. The molecule has 1 aromatic carbocycles. The van der Waals surface area contributed by atoms with E-state index in [0.29, 0.717) is 11.5 Å². The van der Waals surface area contributed by atoms with Crippen molar-refractivity contribution in [1.82, 2.24) is 0 Å². The van der Waals surface area contributed by atoms with Crippen molar-refractivity contribution < 1.29 is 28.3 Å². The van der Waals surface area contributed by atoms with Gasteiger partial charge in [-0.1, -0.05) is 0 Å². The first-order valence-electron chi connectivity index (χ1n) is 2.97. The number of ether oxygens (including phenoxy) is 2. The summed E-state index contributed by atoms with van der Waals surface area (Å²) >= 11 is 0. The molecule has 0 bridgehead atoms. The van der Waals surface area contributed by atoms with Gasteiger partial charge in [0.1, 0.15) is 0 Å². The van der Waals surface area contributed by atoms with Crippen LogP contribution in [0.4, 0.5) is 0 Å². The molecule has 0 aliphatic rings. The van der Waals surface area contributed by atoms with Crippen LogP contribution in [-0.4, -0.2) is 14.2 Å². The van der Waals surface area contributed by atoms with Gasteiger partial charge in [-0.25, -0.2) is 0 Å². The van der Waals surface area contributed by atoms with Crippen LogP contribution in [0.5, 0.6) is 11.5 Å². The van der Waals surface area contributed by atoms with Crippen LogP contribution >= 0.6 is 0 Å². The summed E-state index contributed by atoms with van der Waals surface area (Å²) in [7, 11) is 3.19. The quantitative estimate of drug-likeness (QED) is 0.372. The van der Waals surface area contributed by atoms with Crippen molar-refractivity contribution in [3.63, 3.8) is 0 Å². The molecule has 0 fully saturated rings. The fourth-order valence-corrected chi connectivity index (χ4v) is 0.726. The molecule has 0 radical (unpaired) electrons. The van der Waals surface area contributed by atoms with E-state index in [9.17, 15) is 0 Å². The minimum atomic E-state index is 0. The Morgan fingerprint density at radius 1 is 1.27 bits per heavy atom. The standard InChI is InChI=1S/C8H9O2.Li/c1-9-7-5-3-4-6-8(7)10-2;/h3-5H,1-2H3;/q-1;+1. The summed E-state index contributed by atoms with van der Waals surface area (Å²) in [6, 6.07) is 8.35. The van der Waals surface area contributed by atoms with Crippen LogP contribution in [0.15, 0.2) is 18.2 Å². The Kier molecular flexibility index (Phi) is 4.85. The number of hydrogen-bond acceptors (Lipinski definition) is 2. The van der Waals surface area contributed by atoms with Crippen molar-refractivity contribution in [3.05, 3.63) is 24.3 Å².